The second-order valence-corrected chi connectivity index (χ2v) is 6.14. The topological polar surface area (TPSA) is 48.5 Å². The van der Waals surface area contributed by atoms with Crippen LogP contribution in [0.4, 0.5) is 4.39 Å². The van der Waals surface area contributed by atoms with Crippen LogP contribution in [0.15, 0.2) is 73.1 Å². The van der Waals surface area contributed by atoms with Gasteiger partial charge in [-0.1, -0.05) is 29.5 Å². The van der Waals surface area contributed by atoms with E-state index in [1.165, 1.54) is 6.07 Å². The standard InChI is InChI=1S/C20H14FN5/c21-16-6-2-1-5-15(16)18-11-14-9-10-25(12-19(14)22-18)13-26-20-8-4-3-7-17(20)23-24-26/h1-12H,13H2. The van der Waals surface area contributed by atoms with Crippen LogP contribution in [0.5, 0.6) is 0 Å². The summed E-state index contributed by atoms with van der Waals surface area (Å²) < 4.78 is 17.8. The summed E-state index contributed by atoms with van der Waals surface area (Å²) in [5.74, 6) is -0.266. The number of halogens is 1. The van der Waals surface area contributed by atoms with E-state index in [4.69, 9.17) is 0 Å². The van der Waals surface area contributed by atoms with Crippen molar-refractivity contribution in [2.75, 3.05) is 0 Å². The molecule has 6 heteroatoms. The van der Waals surface area contributed by atoms with Gasteiger partial charge in [0.25, 0.3) is 0 Å². The van der Waals surface area contributed by atoms with Crippen LogP contribution in [-0.4, -0.2) is 24.5 Å². The van der Waals surface area contributed by atoms with Crippen LogP contribution in [0, 0.1) is 5.82 Å². The highest BCUT2D eigenvalue weighted by atomic mass is 19.1. The molecule has 0 bridgehead atoms. The van der Waals surface area contributed by atoms with E-state index in [1.807, 2.05) is 64.1 Å². The van der Waals surface area contributed by atoms with E-state index in [0.717, 1.165) is 22.3 Å². The van der Waals surface area contributed by atoms with Gasteiger partial charge in [-0.25, -0.2) is 14.1 Å². The molecule has 3 aromatic rings. The summed E-state index contributed by atoms with van der Waals surface area (Å²) in [6.45, 7) is 0.526. The highest BCUT2D eigenvalue weighted by molar-refractivity contribution is 5.74. The second-order valence-electron chi connectivity index (χ2n) is 6.14. The quantitative estimate of drug-likeness (QED) is 0.497. The monoisotopic (exact) mass is 343 g/mol. The fourth-order valence-electron chi connectivity index (χ4n) is 3.13. The number of hydrogen-bond acceptors (Lipinski definition) is 3. The number of pyridine rings is 1. The maximum Gasteiger partial charge on any atom is 0.132 e. The van der Waals surface area contributed by atoms with Gasteiger partial charge in [-0.3, -0.25) is 0 Å². The lowest BCUT2D eigenvalue weighted by molar-refractivity contribution is 0.543. The Morgan fingerprint density at radius 1 is 0.923 bits per heavy atom. The third kappa shape index (κ3) is 2.43. The Bertz CT molecular complexity index is 1190. The zero-order valence-electron chi connectivity index (χ0n) is 13.7. The molecule has 0 atom stereocenters. The highest BCUT2D eigenvalue weighted by Gasteiger charge is 2.13. The molecule has 0 unspecified atom stereocenters. The van der Waals surface area contributed by atoms with E-state index in [-0.39, 0.29) is 5.82 Å². The first-order valence-corrected chi connectivity index (χ1v) is 8.27. The molecule has 0 spiro atoms. The molecular formula is C20H14FN5. The lowest BCUT2D eigenvalue weighted by atomic mass is 10.1. The van der Waals surface area contributed by atoms with Gasteiger partial charge in [-0.05, 0) is 36.4 Å². The number of aromatic nitrogens is 5. The molecule has 0 radical (unpaired) electrons. The highest BCUT2D eigenvalue weighted by Crippen LogP contribution is 2.29. The first-order valence-electron chi connectivity index (χ1n) is 8.27. The third-order valence-electron chi connectivity index (χ3n) is 4.43. The molecule has 126 valence electrons. The number of para-hydroxylation sites is 1. The lowest BCUT2D eigenvalue weighted by Crippen LogP contribution is -2.09. The molecule has 2 aromatic carbocycles. The van der Waals surface area contributed by atoms with Gasteiger partial charge in [0.05, 0.1) is 16.9 Å². The summed E-state index contributed by atoms with van der Waals surface area (Å²) in [7, 11) is 0. The number of fused-ring (bicyclic) bond motifs is 2. The molecule has 0 saturated carbocycles. The average molecular weight is 343 g/mol. The molecule has 1 aromatic heterocycles. The fraction of sp³-hybridized carbons (Fsp3) is 0.0500. The zero-order valence-corrected chi connectivity index (χ0v) is 13.7. The van der Waals surface area contributed by atoms with Gasteiger partial charge >= 0.3 is 0 Å². The Morgan fingerprint density at radius 2 is 1.77 bits per heavy atom. The molecule has 5 rings (SSSR count). The van der Waals surface area contributed by atoms with Crippen molar-refractivity contribution in [2.24, 2.45) is 0 Å². The molecule has 0 aliphatic carbocycles. The van der Waals surface area contributed by atoms with Crippen LogP contribution in [0.1, 0.15) is 0 Å². The number of hydrogen-bond donors (Lipinski definition) is 0. The van der Waals surface area contributed by atoms with E-state index >= 15 is 0 Å². The Morgan fingerprint density at radius 3 is 2.69 bits per heavy atom. The first kappa shape index (κ1) is 14.8. The van der Waals surface area contributed by atoms with Crippen LogP contribution >= 0.6 is 0 Å². The Balaban J connectivity index is 1.52. The predicted molar refractivity (Wildman–Crippen MR) is 97.2 cm³/mol. The average Bonchev–Trinajstić information content (AvgIpc) is 3.26. The van der Waals surface area contributed by atoms with Crippen molar-refractivity contribution in [3.05, 3.63) is 78.9 Å². The summed E-state index contributed by atoms with van der Waals surface area (Å²) in [6, 6.07) is 18.4. The van der Waals surface area contributed by atoms with Gasteiger partial charge < -0.3 is 4.57 Å². The van der Waals surface area contributed by atoms with Crippen molar-refractivity contribution < 1.29 is 4.39 Å². The van der Waals surface area contributed by atoms with E-state index in [1.54, 1.807) is 12.1 Å². The third-order valence-corrected chi connectivity index (χ3v) is 4.43. The van der Waals surface area contributed by atoms with Gasteiger partial charge in [-0.15, -0.1) is 5.10 Å². The molecule has 0 saturated heterocycles. The van der Waals surface area contributed by atoms with E-state index < -0.39 is 0 Å². The minimum absolute atomic E-state index is 0.266. The largest absolute Gasteiger partial charge is 0.332 e. The molecule has 26 heavy (non-hydrogen) atoms. The molecule has 5 nitrogen and oxygen atoms in total. The van der Waals surface area contributed by atoms with Gasteiger partial charge in [0.2, 0.25) is 0 Å². The van der Waals surface area contributed by atoms with Crippen LogP contribution in [-0.2, 0) is 6.67 Å². The summed E-state index contributed by atoms with van der Waals surface area (Å²) in [5.41, 5.74) is 4.78. The normalized spacial score (nSPS) is 11.4. The van der Waals surface area contributed by atoms with E-state index in [0.29, 0.717) is 17.9 Å². The summed E-state index contributed by atoms with van der Waals surface area (Å²) in [6.07, 6.45) is 3.90. The van der Waals surface area contributed by atoms with Gasteiger partial charge in [0, 0.05) is 23.5 Å². The van der Waals surface area contributed by atoms with Gasteiger partial charge in [0.1, 0.15) is 18.0 Å². The van der Waals surface area contributed by atoms with Crippen LogP contribution in [0.25, 0.3) is 33.5 Å². The van der Waals surface area contributed by atoms with Crippen molar-refractivity contribution in [1.82, 2.24) is 24.5 Å². The summed E-state index contributed by atoms with van der Waals surface area (Å²) >= 11 is 0. The minimum atomic E-state index is -0.266. The first-order chi connectivity index (χ1) is 12.8. The maximum atomic E-state index is 14.0. The second kappa shape index (κ2) is 5.77. The molecule has 0 N–H and O–H groups in total. The zero-order chi connectivity index (χ0) is 17.5. The van der Waals surface area contributed by atoms with Crippen molar-refractivity contribution in [3.8, 4) is 22.5 Å². The Kier molecular flexibility index (Phi) is 3.28. The Hall–Kier alpha value is -3.54. The lowest BCUT2D eigenvalue weighted by Gasteiger charge is -2.08. The van der Waals surface area contributed by atoms with Gasteiger partial charge in [0.15, 0.2) is 0 Å². The summed E-state index contributed by atoms with van der Waals surface area (Å²) in [4.78, 5) is 4.59. The van der Waals surface area contributed by atoms with Crippen molar-refractivity contribution >= 4 is 11.0 Å². The SMILES string of the molecule is Fc1ccccc1-c1cc2ccn(Cn3nnc4ccccc43)cc-2n1. The fourth-order valence-corrected chi connectivity index (χ4v) is 3.13. The van der Waals surface area contributed by atoms with Crippen molar-refractivity contribution in [1.29, 1.82) is 0 Å². The molecule has 2 aliphatic heterocycles. The predicted octanol–water partition coefficient (Wildman–Crippen LogP) is 4.04. The van der Waals surface area contributed by atoms with Crippen LogP contribution < -0.4 is 0 Å². The maximum absolute atomic E-state index is 14.0. The number of nitrogens with zero attached hydrogens (tertiary/aromatic N) is 5. The smallest absolute Gasteiger partial charge is 0.132 e. The van der Waals surface area contributed by atoms with Crippen LogP contribution in [0.2, 0.25) is 0 Å². The minimum Gasteiger partial charge on any atom is -0.332 e. The van der Waals surface area contributed by atoms with Gasteiger partial charge in [-0.2, -0.15) is 0 Å². The molecule has 0 fully saturated rings. The molecular weight excluding hydrogens is 329 g/mol. The number of benzene rings is 2. The summed E-state index contributed by atoms with van der Waals surface area (Å²) in [5, 5.41) is 8.38. The van der Waals surface area contributed by atoms with Crippen molar-refractivity contribution in [2.45, 2.75) is 6.67 Å². The van der Waals surface area contributed by atoms with E-state index in [2.05, 4.69) is 15.3 Å². The van der Waals surface area contributed by atoms with Crippen molar-refractivity contribution in [3.63, 3.8) is 0 Å². The van der Waals surface area contributed by atoms with Crippen LogP contribution in [0.3, 0.4) is 0 Å². The molecule has 2 aliphatic rings. The molecule has 0 amide bonds. The number of rotatable bonds is 3. The molecule has 3 heterocycles. The Labute approximate surface area is 148 Å². The van der Waals surface area contributed by atoms with E-state index in [9.17, 15) is 4.39 Å².